The van der Waals surface area contributed by atoms with Gasteiger partial charge in [-0.15, -0.1) is 11.3 Å². The van der Waals surface area contributed by atoms with E-state index in [1.54, 1.807) is 72.7 Å². The number of carbonyl (C=O) groups excluding carboxylic acids is 2. The molecule has 0 fully saturated rings. The van der Waals surface area contributed by atoms with Gasteiger partial charge < -0.3 is 10.1 Å². The zero-order chi connectivity index (χ0) is 20.9. The minimum Gasteiger partial charge on any atom is -0.497 e. The van der Waals surface area contributed by atoms with E-state index in [9.17, 15) is 9.59 Å². The Balaban J connectivity index is 1.53. The zero-order valence-corrected chi connectivity index (χ0v) is 16.7. The first-order valence-corrected chi connectivity index (χ1v) is 9.87. The van der Waals surface area contributed by atoms with Crippen LogP contribution in [0.3, 0.4) is 0 Å². The van der Waals surface area contributed by atoms with Gasteiger partial charge in [-0.2, -0.15) is 0 Å². The quantitative estimate of drug-likeness (QED) is 0.412. The molecule has 0 aliphatic heterocycles. The molecule has 0 atom stereocenters. The van der Waals surface area contributed by atoms with E-state index < -0.39 is 0 Å². The minimum absolute atomic E-state index is 0.250. The van der Waals surface area contributed by atoms with E-state index >= 15 is 0 Å². The largest absolute Gasteiger partial charge is 0.497 e. The maximum absolute atomic E-state index is 12.6. The van der Waals surface area contributed by atoms with E-state index in [0.29, 0.717) is 33.9 Å². The first-order valence-electron chi connectivity index (χ1n) is 8.93. The van der Waals surface area contributed by atoms with E-state index in [4.69, 9.17) is 4.74 Å². The van der Waals surface area contributed by atoms with Crippen molar-refractivity contribution < 1.29 is 14.3 Å². The van der Waals surface area contributed by atoms with Crippen LogP contribution in [0.4, 0.5) is 11.4 Å². The van der Waals surface area contributed by atoms with Crippen LogP contribution in [0.25, 0.3) is 10.9 Å². The highest BCUT2D eigenvalue weighted by Crippen LogP contribution is 2.25. The maximum atomic E-state index is 12.6. The van der Waals surface area contributed by atoms with Crippen LogP contribution in [0.15, 0.2) is 65.6 Å². The summed E-state index contributed by atoms with van der Waals surface area (Å²) in [5.74, 6) is 0.0900. The molecule has 2 aromatic carbocycles. The third-order valence-corrected chi connectivity index (χ3v) is 4.91. The van der Waals surface area contributed by atoms with Crippen molar-refractivity contribution in [2.75, 3.05) is 17.9 Å². The lowest BCUT2D eigenvalue weighted by molar-refractivity contribution is 0.0957. The van der Waals surface area contributed by atoms with Crippen LogP contribution in [-0.2, 0) is 0 Å². The number of nitrogens with one attached hydrogen (secondary N) is 3. The van der Waals surface area contributed by atoms with Crippen LogP contribution in [0.1, 0.15) is 20.8 Å². The summed E-state index contributed by atoms with van der Waals surface area (Å²) in [7, 11) is 1.57. The summed E-state index contributed by atoms with van der Waals surface area (Å²) in [6.07, 6.45) is 1.63. The van der Waals surface area contributed by atoms with Crippen molar-refractivity contribution in [2.24, 2.45) is 0 Å². The average Bonchev–Trinajstić information content (AvgIpc) is 3.33. The van der Waals surface area contributed by atoms with Crippen molar-refractivity contribution >= 4 is 45.4 Å². The summed E-state index contributed by atoms with van der Waals surface area (Å²) in [5.41, 5.74) is 9.84. The molecule has 150 valence electrons. The highest BCUT2D eigenvalue weighted by atomic mass is 32.1. The number of ether oxygens (including phenoxy) is 1. The fourth-order valence-corrected chi connectivity index (χ4v) is 3.32. The molecule has 4 rings (SSSR count). The van der Waals surface area contributed by atoms with Crippen molar-refractivity contribution in [1.82, 2.24) is 15.4 Å². The van der Waals surface area contributed by atoms with E-state index in [-0.39, 0.29) is 11.8 Å². The standard InChI is InChI=1S/C21H17N5O3S/c1-29-15-5-2-13(3-6-15)20(27)24-18-8-9-22-17-7-4-14(10-16(17)18)25-26-21(28)19-11-30-12-23-19/h2-12,25H,1H3,(H,26,28)(H,22,24,27). The monoisotopic (exact) mass is 419 g/mol. The number of thiazole rings is 1. The van der Waals surface area contributed by atoms with E-state index in [1.807, 2.05) is 0 Å². The molecule has 0 saturated carbocycles. The SMILES string of the molecule is COc1ccc(C(=O)Nc2ccnc3ccc(NNC(=O)c4cscn4)cc23)cc1. The number of pyridine rings is 1. The van der Waals surface area contributed by atoms with Gasteiger partial charge in [-0.25, -0.2) is 4.98 Å². The molecule has 30 heavy (non-hydrogen) atoms. The number of rotatable bonds is 6. The Kier molecular flexibility index (Phi) is 5.53. The predicted molar refractivity (Wildman–Crippen MR) is 116 cm³/mol. The van der Waals surface area contributed by atoms with E-state index in [0.717, 1.165) is 5.39 Å². The molecule has 0 saturated heterocycles. The number of methoxy groups -OCH3 is 1. The fraction of sp³-hybridized carbons (Fsp3) is 0.0476. The second-order valence-electron chi connectivity index (χ2n) is 6.23. The Labute approximate surface area is 175 Å². The Bertz CT molecular complexity index is 1190. The normalized spacial score (nSPS) is 10.4. The summed E-state index contributed by atoms with van der Waals surface area (Å²) in [4.78, 5) is 33.0. The molecule has 4 aromatic rings. The fourth-order valence-electron chi connectivity index (χ4n) is 2.79. The smallest absolute Gasteiger partial charge is 0.289 e. The summed E-state index contributed by atoms with van der Waals surface area (Å²) >= 11 is 1.34. The maximum Gasteiger partial charge on any atom is 0.289 e. The lowest BCUT2D eigenvalue weighted by atomic mass is 10.1. The lowest BCUT2D eigenvalue weighted by Gasteiger charge is -2.12. The van der Waals surface area contributed by atoms with Gasteiger partial charge in [-0.1, -0.05) is 0 Å². The van der Waals surface area contributed by atoms with Gasteiger partial charge in [0, 0.05) is 22.5 Å². The van der Waals surface area contributed by atoms with Crippen LogP contribution in [0.5, 0.6) is 5.75 Å². The Hall–Kier alpha value is -3.98. The Morgan fingerprint density at radius 1 is 1.00 bits per heavy atom. The third-order valence-electron chi connectivity index (χ3n) is 4.33. The van der Waals surface area contributed by atoms with Gasteiger partial charge in [-0.3, -0.25) is 25.4 Å². The molecule has 0 bridgehead atoms. The average molecular weight is 419 g/mol. The van der Waals surface area contributed by atoms with Gasteiger partial charge in [0.05, 0.1) is 29.5 Å². The summed E-state index contributed by atoms with van der Waals surface area (Å²) in [6, 6.07) is 14.0. The molecule has 0 spiro atoms. The molecule has 0 unspecified atom stereocenters. The van der Waals surface area contributed by atoms with E-state index in [2.05, 4.69) is 26.1 Å². The summed E-state index contributed by atoms with van der Waals surface area (Å²) < 4.78 is 5.12. The topological polar surface area (TPSA) is 105 Å². The van der Waals surface area contributed by atoms with Crippen molar-refractivity contribution in [3.8, 4) is 5.75 Å². The van der Waals surface area contributed by atoms with E-state index in [1.165, 1.54) is 11.3 Å². The zero-order valence-electron chi connectivity index (χ0n) is 15.9. The minimum atomic E-state index is -0.337. The molecule has 2 heterocycles. The van der Waals surface area contributed by atoms with Crippen LogP contribution in [0, 0.1) is 0 Å². The number of benzene rings is 2. The molecule has 2 amide bonds. The van der Waals surface area contributed by atoms with Crippen LogP contribution < -0.4 is 20.9 Å². The number of hydrogen-bond donors (Lipinski definition) is 3. The lowest BCUT2D eigenvalue weighted by Crippen LogP contribution is -2.29. The molecule has 8 nitrogen and oxygen atoms in total. The molecule has 0 aliphatic carbocycles. The predicted octanol–water partition coefficient (Wildman–Crippen LogP) is 3.71. The van der Waals surface area contributed by atoms with Crippen molar-refractivity contribution in [2.45, 2.75) is 0 Å². The number of carbonyl (C=O) groups is 2. The second-order valence-corrected chi connectivity index (χ2v) is 6.94. The van der Waals surface area contributed by atoms with Gasteiger partial charge >= 0.3 is 0 Å². The van der Waals surface area contributed by atoms with Crippen molar-refractivity contribution in [3.05, 3.63) is 76.9 Å². The highest BCUT2D eigenvalue weighted by molar-refractivity contribution is 7.07. The third kappa shape index (κ3) is 4.20. The van der Waals surface area contributed by atoms with Gasteiger partial charge in [0.25, 0.3) is 11.8 Å². The second kappa shape index (κ2) is 8.58. The van der Waals surface area contributed by atoms with Crippen molar-refractivity contribution in [1.29, 1.82) is 0 Å². The van der Waals surface area contributed by atoms with Gasteiger partial charge in [0.1, 0.15) is 11.4 Å². The molecule has 0 aliphatic rings. The number of hydrogen-bond acceptors (Lipinski definition) is 7. The highest BCUT2D eigenvalue weighted by Gasteiger charge is 2.11. The number of nitrogens with zero attached hydrogens (tertiary/aromatic N) is 2. The summed E-state index contributed by atoms with van der Waals surface area (Å²) in [6.45, 7) is 0. The summed E-state index contributed by atoms with van der Waals surface area (Å²) in [5, 5.41) is 5.30. The Morgan fingerprint density at radius 3 is 2.57 bits per heavy atom. The van der Waals surface area contributed by atoms with Crippen LogP contribution >= 0.6 is 11.3 Å². The van der Waals surface area contributed by atoms with Crippen LogP contribution in [-0.4, -0.2) is 28.9 Å². The van der Waals surface area contributed by atoms with Gasteiger partial charge in [-0.05, 0) is 48.5 Å². The van der Waals surface area contributed by atoms with Gasteiger partial charge in [0.15, 0.2) is 0 Å². The molecule has 0 radical (unpaired) electrons. The molecular weight excluding hydrogens is 402 g/mol. The number of hydrazine groups is 1. The Morgan fingerprint density at radius 2 is 1.83 bits per heavy atom. The molecule has 9 heteroatoms. The van der Waals surface area contributed by atoms with Crippen LogP contribution in [0.2, 0.25) is 0 Å². The van der Waals surface area contributed by atoms with Crippen molar-refractivity contribution in [3.63, 3.8) is 0 Å². The molecule has 3 N–H and O–H groups in total. The first-order chi connectivity index (χ1) is 14.6. The number of amides is 2. The molecular formula is C21H17N5O3S. The number of anilines is 2. The number of fused-ring (bicyclic) bond motifs is 1. The molecule has 2 aromatic heterocycles. The number of aromatic nitrogens is 2. The van der Waals surface area contributed by atoms with Gasteiger partial charge in [0.2, 0.25) is 0 Å². The first kappa shape index (κ1) is 19.3.